The maximum atomic E-state index is 12.2. The van der Waals surface area contributed by atoms with Crippen LogP contribution in [0.15, 0.2) is 29.3 Å². The normalized spacial score (nSPS) is 12.5. The minimum Gasteiger partial charge on any atom is -0.484 e. The van der Waals surface area contributed by atoms with Crippen molar-refractivity contribution in [2.24, 2.45) is 10.4 Å². The molecule has 28 heavy (non-hydrogen) atoms. The van der Waals surface area contributed by atoms with Gasteiger partial charge in [-0.2, -0.15) is 13.2 Å². The lowest BCUT2D eigenvalue weighted by Gasteiger charge is -2.29. The fourth-order valence-corrected chi connectivity index (χ4v) is 2.60. The first-order valence-corrected chi connectivity index (χ1v) is 8.96. The molecule has 0 spiro atoms. The quantitative estimate of drug-likeness (QED) is 0.297. The molecule has 0 fully saturated rings. The lowest BCUT2D eigenvalue weighted by atomic mass is 9.93. The van der Waals surface area contributed by atoms with E-state index in [1.165, 1.54) is 12.1 Å². The zero-order valence-electron chi connectivity index (χ0n) is 17.2. The van der Waals surface area contributed by atoms with Gasteiger partial charge in [0.25, 0.3) is 0 Å². The number of aliphatic imine (C=N–C) groups is 1. The predicted octanol–water partition coefficient (Wildman–Crippen LogP) is 3.89. The van der Waals surface area contributed by atoms with Gasteiger partial charge in [0.15, 0.2) is 12.6 Å². The average molecular weight is 516 g/mol. The van der Waals surface area contributed by atoms with Crippen LogP contribution in [0.5, 0.6) is 5.75 Å². The van der Waals surface area contributed by atoms with Crippen molar-refractivity contribution in [1.29, 1.82) is 0 Å². The van der Waals surface area contributed by atoms with Gasteiger partial charge in [-0.25, -0.2) is 4.99 Å². The third-order valence-electron chi connectivity index (χ3n) is 3.57. The molecule has 1 aromatic rings. The number of nitrogens with zero attached hydrogens (tertiary/aromatic N) is 2. The van der Waals surface area contributed by atoms with Gasteiger partial charge in [0, 0.05) is 19.6 Å². The van der Waals surface area contributed by atoms with Gasteiger partial charge in [0.05, 0.1) is 6.54 Å². The summed E-state index contributed by atoms with van der Waals surface area (Å²) < 4.78 is 41.2. The van der Waals surface area contributed by atoms with Gasteiger partial charge in [-0.3, -0.25) is 0 Å². The number of benzene rings is 1. The highest BCUT2D eigenvalue weighted by atomic mass is 127. The van der Waals surface area contributed by atoms with E-state index in [1.54, 1.807) is 12.1 Å². The first kappa shape index (κ1) is 26.8. The molecule has 0 saturated carbocycles. The number of hydrogen-bond acceptors (Lipinski definition) is 3. The fraction of sp³-hybridized carbons (Fsp3) is 0.632. The second kappa shape index (κ2) is 12.4. The number of alkyl halides is 3. The lowest BCUT2D eigenvalue weighted by molar-refractivity contribution is -0.153. The maximum Gasteiger partial charge on any atom is 0.422 e. The second-order valence-corrected chi connectivity index (χ2v) is 7.50. The third-order valence-corrected chi connectivity index (χ3v) is 3.57. The Labute approximate surface area is 183 Å². The molecule has 0 saturated heterocycles. The van der Waals surface area contributed by atoms with Crippen LogP contribution in [0.3, 0.4) is 0 Å². The van der Waals surface area contributed by atoms with Crippen LogP contribution >= 0.6 is 24.0 Å². The smallest absolute Gasteiger partial charge is 0.422 e. The van der Waals surface area contributed by atoms with Crippen LogP contribution in [0, 0.1) is 5.41 Å². The summed E-state index contributed by atoms with van der Waals surface area (Å²) >= 11 is 0. The fourth-order valence-electron chi connectivity index (χ4n) is 2.60. The van der Waals surface area contributed by atoms with E-state index >= 15 is 0 Å². The summed E-state index contributed by atoms with van der Waals surface area (Å²) in [5.41, 5.74) is 0.969. The molecule has 0 aliphatic carbocycles. The molecule has 0 heterocycles. The monoisotopic (exact) mass is 516 g/mol. The Kier molecular flexibility index (Phi) is 11.8. The molecule has 1 aromatic carbocycles. The lowest BCUT2D eigenvalue weighted by Crippen LogP contribution is -2.44. The summed E-state index contributed by atoms with van der Waals surface area (Å²) in [6.45, 7) is 7.94. The third kappa shape index (κ3) is 12.3. The average Bonchev–Trinajstić information content (AvgIpc) is 2.54. The molecule has 0 aliphatic rings. The van der Waals surface area contributed by atoms with Crippen molar-refractivity contribution >= 4 is 29.9 Å². The van der Waals surface area contributed by atoms with E-state index in [0.717, 1.165) is 25.2 Å². The van der Waals surface area contributed by atoms with Crippen LogP contribution < -0.4 is 15.4 Å². The Morgan fingerprint density at radius 1 is 1.11 bits per heavy atom. The highest BCUT2D eigenvalue weighted by molar-refractivity contribution is 14.0. The molecule has 0 aromatic heterocycles. The Bertz CT molecular complexity index is 590. The number of guanidine groups is 1. The molecule has 0 bridgehead atoms. The summed E-state index contributed by atoms with van der Waals surface area (Å²) in [6.07, 6.45) is -4.34. The van der Waals surface area contributed by atoms with Crippen molar-refractivity contribution in [2.45, 2.75) is 33.5 Å². The number of rotatable bonds is 9. The highest BCUT2D eigenvalue weighted by Gasteiger charge is 2.28. The molecular weight excluding hydrogens is 484 g/mol. The summed E-state index contributed by atoms with van der Waals surface area (Å²) in [5, 5.41) is 6.55. The van der Waals surface area contributed by atoms with Gasteiger partial charge in [0.2, 0.25) is 0 Å². The van der Waals surface area contributed by atoms with Gasteiger partial charge >= 0.3 is 6.18 Å². The molecule has 0 unspecified atom stereocenters. The minimum atomic E-state index is -4.34. The number of nitrogens with one attached hydrogen (secondary N) is 2. The van der Waals surface area contributed by atoms with E-state index in [9.17, 15) is 13.2 Å². The first-order chi connectivity index (χ1) is 12.5. The second-order valence-electron chi connectivity index (χ2n) is 7.50. The zero-order chi connectivity index (χ0) is 20.5. The van der Waals surface area contributed by atoms with Crippen molar-refractivity contribution in [3.05, 3.63) is 29.8 Å². The molecule has 162 valence electrons. The first-order valence-electron chi connectivity index (χ1n) is 8.96. The van der Waals surface area contributed by atoms with Crippen LogP contribution in [0.1, 0.15) is 26.3 Å². The van der Waals surface area contributed by atoms with Crippen LogP contribution in [0.4, 0.5) is 13.2 Å². The Balaban J connectivity index is 0.00000729. The minimum absolute atomic E-state index is 0. The summed E-state index contributed by atoms with van der Waals surface area (Å²) in [6, 6.07) is 6.48. The topological polar surface area (TPSA) is 48.9 Å². The molecule has 9 heteroatoms. The van der Waals surface area contributed by atoms with Crippen molar-refractivity contribution in [3.8, 4) is 5.75 Å². The maximum absolute atomic E-state index is 12.2. The van der Waals surface area contributed by atoms with Crippen LogP contribution in [-0.4, -0.2) is 57.4 Å². The molecule has 5 nitrogen and oxygen atoms in total. The summed E-state index contributed by atoms with van der Waals surface area (Å²) in [5.74, 6) is 0.900. The summed E-state index contributed by atoms with van der Waals surface area (Å²) in [4.78, 5) is 6.69. The molecule has 0 aliphatic heterocycles. The van der Waals surface area contributed by atoms with Gasteiger partial charge in [-0.1, -0.05) is 26.0 Å². The van der Waals surface area contributed by atoms with Crippen LogP contribution in [0.25, 0.3) is 0 Å². The van der Waals surface area contributed by atoms with Crippen molar-refractivity contribution < 1.29 is 17.9 Å². The van der Waals surface area contributed by atoms with E-state index in [-0.39, 0.29) is 35.1 Å². The highest BCUT2D eigenvalue weighted by Crippen LogP contribution is 2.19. The number of halogens is 4. The van der Waals surface area contributed by atoms with Gasteiger partial charge in [-0.15, -0.1) is 24.0 Å². The standard InChI is InChI=1S/C19H31F3N4O.HI/c1-6-23-17(25-12-18(2,3)13-26(4)5)24-11-15-7-9-16(10-8-15)27-14-19(20,21)22;/h7-10H,6,11-14H2,1-5H3,(H2,23,24,25);1H. The Morgan fingerprint density at radius 2 is 1.71 bits per heavy atom. The molecule has 1 rings (SSSR count). The molecule has 0 amide bonds. The molecule has 0 radical (unpaired) electrons. The Morgan fingerprint density at radius 3 is 2.21 bits per heavy atom. The van der Waals surface area contributed by atoms with Gasteiger partial charge in [-0.05, 0) is 44.1 Å². The summed E-state index contributed by atoms with van der Waals surface area (Å²) in [7, 11) is 4.09. The van der Waals surface area contributed by atoms with Crippen molar-refractivity contribution in [3.63, 3.8) is 0 Å². The van der Waals surface area contributed by atoms with Gasteiger partial charge in [0.1, 0.15) is 5.75 Å². The van der Waals surface area contributed by atoms with Gasteiger partial charge < -0.3 is 20.3 Å². The predicted molar refractivity (Wildman–Crippen MR) is 119 cm³/mol. The largest absolute Gasteiger partial charge is 0.484 e. The molecule has 0 atom stereocenters. The Hall–Kier alpha value is -1.23. The van der Waals surface area contributed by atoms with Crippen LogP contribution in [0.2, 0.25) is 0 Å². The van der Waals surface area contributed by atoms with E-state index in [4.69, 9.17) is 4.74 Å². The zero-order valence-corrected chi connectivity index (χ0v) is 19.5. The number of hydrogen-bond donors (Lipinski definition) is 2. The van der Waals surface area contributed by atoms with E-state index in [2.05, 4.69) is 34.4 Å². The van der Waals surface area contributed by atoms with E-state index < -0.39 is 12.8 Å². The van der Waals surface area contributed by atoms with Crippen molar-refractivity contribution in [2.75, 3.05) is 40.3 Å². The van der Waals surface area contributed by atoms with E-state index in [0.29, 0.717) is 12.5 Å². The molecular formula is C19H32F3IN4O. The number of ether oxygens (including phenoxy) is 1. The van der Waals surface area contributed by atoms with Crippen molar-refractivity contribution in [1.82, 2.24) is 15.5 Å². The molecule has 2 N–H and O–H groups in total. The van der Waals surface area contributed by atoms with Crippen LogP contribution in [-0.2, 0) is 6.54 Å². The SMILES string of the molecule is CCNC(=NCc1ccc(OCC(F)(F)F)cc1)NCC(C)(C)CN(C)C.I. The van der Waals surface area contributed by atoms with E-state index in [1.807, 2.05) is 21.0 Å².